The van der Waals surface area contributed by atoms with Crippen LogP contribution in [-0.4, -0.2) is 28.8 Å². The number of hydrogen-bond acceptors (Lipinski definition) is 3. The molecule has 1 unspecified atom stereocenters. The van der Waals surface area contributed by atoms with Crippen molar-refractivity contribution in [1.82, 2.24) is 15.1 Å². The van der Waals surface area contributed by atoms with Gasteiger partial charge in [-0.2, -0.15) is 16.9 Å². The van der Waals surface area contributed by atoms with E-state index in [1.54, 1.807) is 0 Å². The molecule has 0 aliphatic heterocycles. The molecule has 1 rings (SSSR count). The summed E-state index contributed by atoms with van der Waals surface area (Å²) in [4.78, 5) is 0. The number of rotatable bonds is 6. The van der Waals surface area contributed by atoms with Crippen LogP contribution < -0.4 is 5.32 Å². The van der Waals surface area contributed by atoms with Gasteiger partial charge in [0.15, 0.2) is 0 Å². The molecular formula is C10H19N3S. The van der Waals surface area contributed by atoms with Crippen LogP contribution in [0, 0.1) is 0 Å². The predicted molar refractivity (Wildman–Crippen MR) is 62.7 cm³/mol. The van der Waals surface area contributed by atoms with Crippen molar-refractivity contribution in [3.63, 3.8) is 0 Å². The van der Waals surface area contributed by atoms with Crippen molar-refractivity contribution >= 4 is 11.8 Å². The first kappa shape index (κ1) is 11.6. The minimum absolute atomic E-state index is 0.416. The van der Waals surface area contributed by atoms with Gasteiger partial charge in [0.05, 0.1) is 11.7 Å². The molecule has 0 saturated carbocycles. The summed E-state index contributed by atoms with van der Waals surface area (Å²) in [7, 11) is 2.00. The lowest BCUT2D eigenvalue weighted by Crippen LogP contribution is -2.22. The lowest BCUT2D eigenvalue weighted by molar-refractivity contribution is 0.524. The molecule has 0 saturated heterocycles. The number of thioether (sulfide) groups is 1. The number of nitrogens with zero attached hydrogens (tertiary/aromatic N) is 2. The smallest absolute Gasteiger partial charge is 0.0581 e. The van der Waals surface area contributed by atoms with Gasteiger partial charge in [-0.15, -0.1) is 0 Å². The van der Waals surface area contributed by atoms with Crippen molar-refractivity contribution in [2.24, 2.45) is 0 Å². The molecule has 0 spiro atoms. The Balaban J connectivity index is 2.74. The third kappa shape index (κ3) is 2.75. The lowest BCUT2D eigenvalue weighted by atomic mass is 10.2. The van der Waals surface area contributed by atoms with Gasteiger partial charge in [-0.3, -0.25) is 4.68 Å². The van der Waals surface area contributed by atoms with Crippen molar-refractivity contribution in [2.45, 2.75) is 25.9 Å². The molecule has 0 aliphatic carbocycles. The SMILES string of the molecule is CCCn1nccc1C(CSC)NC. The van der Waals surface area contributed by atoms with E-state index < -0.39 is 0 Å². The van der Waals surface area contributed by atoms with Gasteiger partial charge in [-0.25, -0.2) is 0 Å². The second-order valence-electron chi connectivity index (χ2n) is 3.28. The van der Waals surface area contributed by atoms with Crippen LogP contribution in [0.3, 0.4) is 0 Å². The van der Waals surface area contributed by atoms with E-state index in [1.807, 2.05) is 25.0 Å². The Morgan fingerprint density at radius 1 is 1.64 bits per heavy atom. The monoisotopic (exact) mass is 213 g/mol. The number of aromatic nitrogens is 2. The number of nitrogens with one attached hydrogen (secondary N) is 1. The molecule has 0 aromatic carbocycles. The van der Waals surface area contributed by atoms with Crippen molar-refractivity contribution in [2.75, 3.05) is 19.1 Å². The molecule has 1 aromatic rings. The van der Waals surface area contributed by atoms with Gasteiger partial charge in [0.2, 0.25) is 0 Å². The Kier molecular flexibility index (Phi) is 5.04. The van der Waals surface area contributed by atoms with Crippen LogP contribution in [0.5, 0.6) is 0 Å². The fraction of sp³-hybridized carbons (Fsp3) is 0.700. The first-order valence-corrected chi connectivity index (χ1v) is 6.40. The predicted octanol–water partition coefficient (Wildman–Crippen LogP) is 1.92. The topological polar surface area (TPSA) is 29.9 Å². The summed E-state index contributed by atoms with van der Waals surface area (Å²) in [6.45, 7) is 3.18. The van der Waals surface area contributed by atoms with Gasteiger partial charge in [-0.05, 0) is 25.8 Å². The fourth-order valence-corrected chi connectivity index (χ4v) is 2.19. The standard InChI is InChI=1S/C10H19N3S/c1-4-7-13-10(5-6-12-13)9(11-2)8-14-3/h5-6,9,11H,4,7-8H2,1-3H3. The molecular weight excluding hydrogens is 194 g/mol. The molecule has 0 fully saturated rings. The summed E-state index contributed by atoms with van der Waals surface area (Å²) in [6.07, 6.45) is 5.14. The van der Waals surface area contributed by atoms with E-state index in [0.717, 1.165) is 18.7 Å². The number of aryl methyl sites for hydroxylation is 1. The average Bonchev–Trinajstić information content (AvgIpc) is 2.63. The quantitative estimate of drug-likeness (QED) is 0.783. The highest BCUT2D eigenvalue weighted by atomic mass is 32.2. The van der Waals surface area contributed by atoms with E-state index in [2.05, 4.69) is 34.3 Å². The fourth-order valence-electron chi connectivity index (χ4n) is 1.52. The first-order chi connectivity index (χ1) is 6.83. The van der Waals surface area contributed by atoms with Crippen LogP contribution >= 0.6 is 11.8 Å². The van der Waals surface area contributed by atoms with Crippen LogP contribution in [0.15, 0.2) is 12.3 Å². The third-order valence-electron chi connectivity index (χ3n) is 2.22. The molecule has 1 atom stereocenters. The third-order valence-corrected chi connectivity index (χ3v) is 2.89. The van der Waals surface area contributed by atoms with Gasteiger partial charge in [0, 0.05) is 18.5 Å². The second kappa shape index (κ2) is 6.09. The zero-order chi connectivity index (χ0) is 10.4. The average molecular weight is 213 g/mol. The van der Waals surface area contributed by atoms with Crippen molar-refractivity contribution in [3.8, 4) is 0 Å². The van der Waals surface area contributed by atoms with Crippen molar-refractivity contribution in [3.05, 3.63) is 18.0 Å². The molecule has 3 nitrogen and oxygen atoms in total. The normalized spacial score (nSPS) is 13.1. The van der Waals surface area contributed by atoms with Crippen LogP contribution in [0.25, 0.3) is 0 Å². The Bertz CT molecular complexity index is 260. The molecule has 0 amide bonds. The molecule has 1 heterocycles. The van der Waals surface area contributed by atoms with Gasteiger partial charge in [0.25, 0.3) is 0 Å². The molecule has 0 aliphatic rings. The van der Waals surface area contributed by atoms with Gasteiger partial charge < -0.3 is 5.32 Å². The van der Waals surface area contributed by atoms with E-state index in [4.69, 9.17) is 0 Å². The van der Waals surface area contributed by atoms with Crippen LogP contribution in [0.2, 0.25) is 0 Å². The Morgan fingerprint density at radius 3 is 3.00 bits per heavy atom. The minimum atomic E-state index is 0.416. The molecule has 14 heavy (non-hydrogen) atoms. The Morgan fingerprint density at radius 2 is 2.43 bits per heavy atom. The van der Waals surface area contributed by atoms with Crippen molar-refractivity contribution < 1.29 is 0 Å². The summed E-state index contributed by atoms with van der Waals surface area (Å²) < 4.78 is 2.09. The van der Waals surface area contributed by atoms with Crippen LogP contribution in [-0.2, 0) is 6.54 Å². The highest BCUT2D eigenvalue weighted by molar-refractivity contribution is 7.98. The maximum absolute atomic E-state index is 4.32. The van der Waals surface area contributed by atoms with Crippen molar-refractivity contribution in [1.29, 1.82) is 0 Å². The first-order valence-electron chi connectivity index (χ1n) is 5.01. The molecule has 4 heteroatoms. The van der Waals surface area contributed by atoms with Gasteiger partial charge in [-0.1, -0.05) is 6.92 Å². The minimum Gasteiger partial charge on any atom is -0.311 e. The molecule has 0 radical (unpaired) electrons. The van der Waals surface area contributed by atoms with E-state index in [-0.39, 0.29) is 0 Å². The second-order valence-corrected chi connectivity index (χ2v) is 4.19. The van der Waals surface area contributed by atoms with Crippen LogP contribution in [0.1, 0.15) is 25.1 Å². The number of hydrogen-bond donors (Lipinski definition) is 1. The maximum atomic E-state index is 4.32. The summed E-state index contributed by atoms with van der Waals surface area (Å²) in [5.41, 5.74) is 1.30. The van der Waals surface area contributed by atoms with Crippen LogP contribution in [0.4, 0.5) is 0 Å². The summed E-state index contributed by atoms with van der Waals surface area (Å²) in [6, 6.07) is 2.52. The zero-order valence-corrected chi connectivity index (χ0v) is 9.97. The summed E-state index contributed by atoms with van der Waals surface area (Å²) in [5, 5.41) is 7.65. The summed E-state index contributed by atoms with van der Waals surface area (Å²) in [5.74, 6) is 1.09. The highest BCUT2D eigenvalue weighted by Crippen LogP contribution is 2.16. The molecule has 0 bridgehead atoms. The lowest BCUT2D eigenvalue weighted by Gasteiger charge is -2.16. The van der Waals surface area contributed by atoms with Gasteiger partial charge >= 0.3 is 0 Å². The Hall–Kier alpha value is -0.480. The zero-order valence-electron chi connectivity index (χ0n) is 9.16. The van der Waals surface area contributed by atoms with E-state index >= 15 is 0 Å². The molecule has 1 N–H and O–H groups in total. The Labute approximate surface area is 90.3 Å². The molecule has 80 valence electrons. The molecule has 1 aromatic heterocycles. The van der Waals surface area contributed by atoms with E-state index in [0.29, 0.717) is 6.04 Å². The largest absolute Gasteiger partial charge is 0.311 e. The van der Waals surface area contributed by atoms with E-state index in [1.165, 1.54) is 5.69 Å². The summed E-state index contributed by atoms with van der Waals surface area (Å²) >= 11 is 1.86. The highest BCUT2D eigenvalue weighted by Gasteiger charge is 2.12. The maximum Gasteiger partial charge on any atom is 0.0581 e. The van der Waals surface area contributed by atoms with E-state index in [9.17, 15) is 0 Å². The van der Waals surface area contributed by atoms with Gasteiger partial charge in [0.1, 0.15) is 0 Å².